The number of aromatic nitrogens is 3. The van der Waals surface area contributed by atoms with Crippen molar-refractivity contribution in [1.82, 2.24) is 14.8 Å². The molecule has 0 saturated heterocycles. The molecule has 0 aliphatic rings. The van der Waals surface area contributed by atoms with Gasteiger partial charge in [-0.05, 0) is 55.5 Å². The van der Waals surface area contributed by atoms with Gasteiger partial charge in [0.1, 0.15) is 5.75 Å². The van der Waals surface area contributed by atoms with E-state index < -0.39 is 0 Å². The summed E-state index contributed by atoms with van der Waals surface area (Å²) in [5, 5.41) is 7.77. The van der Waals surface area contributed by atoms with Crippen LogP contribution in [0.2, 0.25) is 5.02 Å². The van der Waals surface area contributed by atoms with E-state index in [0.29, 0.717) is 22.2 Å². The Bertz CT molecular complexity index is 839. The Hall–Kier alpha value is -2.11. The van der Waals surface area contributed by atoms with E-state index in [4.69, 9.17) is 28.6 Å². The van der Waals surface area contributed by atoms with Gasteiger partial charge in [0.25, 0.3) is 0 Å². The van der Waals surface area contributed by atoms with Crippen LogP contribution in [0.1, 0.15) is 6.92 Å². The lowest BCUT2D eigenvalue weighted by molar-refractivity contribution is 0.340. The van der Waals surface area contributed by atoms with Crippen LogP contribution < -0.4 is 4.74 Å². The maximum absolute atomic E-state index is 6.27. The van der Waals surface area contributed by atoms with Gasteiger partial charge < -0.3 is 4.74 Å². The van der Waals surface area contributed by atoms with Gasteiger partial charge in [0.2, 0.25) is 0 Å². The summed E-state index contributed by atoms with van der Waals surface area (Å²) in [5.74, 6) is 1.50. The first kappa shape index (κ1) is 14.8. The van der Waals surface area contributed by atoms with E-state index in [0.717, 1.165) is 17.0 Å². The highest BCUT2D eigenvalue weighted by Gasteiger charge is 2.13. The van der Waals surface area contributed by atoms with E-state index in [1.165, 1.54) is 0 Å². The first-order valence-electron chi connectivity index (χ1n) is 6.86. The summed E-state index contributed by atoms with van der Waals surface area (Å²) in [7, 11) is 0. The van der Waals surface area contributed by atoms with Gasteiger partial charge in [-0.2, -0.15) is 5.10 Å². The SMILES string of the molecule is CCOc1ccc(-n2c(-c3ccccc3Cl)n[nH]c2=S)cc1. The van der Waals surface area contributed by atoms with E-state index in [9.17, 15) is 0 Å². The quantitative estimate of drug-likeness (QED) is 0.708. The molecule has 6 heteroatoms. The average Bonchev–Trinajstić information content (AvgIpc) is 2.90. The Labute approximate surface area is 138 Å². The number of hydrogen-bond donors (Lipinski definition) is 1. The predicted molar refractivity (Wildman–Crippen MR) is 90.4 cm³/mol. The fraction of sp³-hybridized carbons (Fsp3) is 0.125. The molecule has 0 fully saturated rings. The van der Waals surface area contributed by atoms with Gasteiger partial charge in [-0.1, -0.05) is 23.7 Å². The number of aromatic amines is 1. The molecule has 2 aromatic carbocycles. The van der Waals surface area contributed by atoms with Crippen molar-refractivity contribution in [3.63, 3.8) is 0 Å². The second-order valence-electron chi connectivity index (χ2n) is 4.59. The van der Waals surface area contributed by atoms with Gasteiger partial charge in [0.05, 0.1) is 17.3 Å². The Morgan fingerprint density at radius 3 is 2.59 bits per heavy atom. The normalized spacial score (nSPS) is 10.6. The molecule has 0 bridgehead atoms. The monoisotopic (exact) mass is 331 g/mol. The van der Waals surface area contributed by atoms with Gasteiger partial charge in [-0.15, -0.1) is 0 Å². The summed E-state index contributed by atoms with van der Waals surface area (Å²) in [5.41, 5.74) is 1.72. The first-order chi connectivity index (χ1) is 10.7. The van der Waals surface area contributed by atoms with E-state index in [-0.39, 0.29) is 0 Å². The largest absolute Gasteiger partial charge is 0.494 e. The third-order valence-electron chi connectivity index (χ3n) is 3.19. The molecule has 22 heavy (non-hydrogen) atoms. The van der Waals surface area contributed by atoms with Gasteiger partial charge in [-0.3, -0.25) is 9.67 Å². The third kappa shape index (κ3) is 2.77. The topological polar surface area (TPSA) is 42.8 Å². The van der Waals surface area contributed by atoms with Crippen LogP contribution in [0.5, 0.6) is 5.75 Å². The summed E-state index contributed by atoms with van der Waals surface area (Å²) in [6, 6.07) is 15.2. The molecule has 0 unspecified atom stereocenters. The fourth-order valence-electron chi connectivity index (χ4n) is 2.22. The highest BCUT2D eigenvalue weighted by atomic mass is 35.5. The van der Waals surface area contributed by atoms with Crippen molar-refractivity contribution in [2.45, 2.75) is 6.92 Å². The van der Waals surface area contributed by atoms with Crippen molar-refractivity contribution in [3.8, 4) is 22.8 Å². The Morgan fingerprint density at radius 2 is 1.91 bits per heavy atom. The highest BCUT2D eigenvalue weighted by molar-refractivity contribution is 7.71. The minimum Gasteiger partial charge on any atom is -0.494 e. The summed E-state index contributed by atoms with van der Waals surface area (Å²) in [4.78, 5) is 0. The lowest BCUT2D eigenvalue weighted by Crippen LogP contribution is -1.99. The van der Waals surface area contributed by atoms with Crippen LogP contribution >= 0.6 is 23.8 Å². The third-order valence-corrected chi connectivity index (χ3v) is 3.80. The number of ether oxygens (including phenoxy) is 1. The number of nitrogens with zero attached hydrogens (tertiary/aromatic N) is 2. The lowest BCUT2D eigenvalue weighted by Gasteiger charge is -2.09. The molecule has 0 saturated carbocycles. The standard InChI is InChI=1S/C16H14ClN3OS/c1-2-21-12-9-7-11(8-10-12)20-15(18-19-16(20)22)13-5-3-4-6-14(13)17/h3-10H,2H2,1H3,(H,19,22). The van der Waals surface area contributed by atoms with Crippen LogP contribution in [0.25, 0.3) is 17.1 Å². The van der Waals surface area contributed by atoms with E-state index in [2.05, 4.69) is 10.2 Å². The minimum atomic E-state index is 0.513. The van der Waals surface area contributed by atoms with Gasteiger partial charge in [-0.25, -0.2) is 0 Å². The maximum Gasteiger partial charge on any atom is 0.200 e. The summed E-state index contributed by atoms with van der Waals surface area (Å²) >= 11 is 11.6. The molecule has 0 aliphatic heterocycles. The van der Waals surface area contributed by atoms with Crippen LogP contribution in [0.4, 0.5) is 0 Å². The van der Waals surface area contributed by atoms with Crippen LogP contribution in [0.15, 0.2) is 48.5 Å². The molecule has 0 atom stereocenters. The van der Waals surface area contributed by atoms with Crippen molar-refractivity contribution in [3.05, 3.63) is 58.3 Å². The molecule has 0 amide bonds. The molecule has 1 aromatic heterocycles. The van der Waals surface area contributed by atoms with Crippen LogP contribution in [-0.4, -0.2) is 21.4 Å². The molecule has 4 nitrogen and oxygen atoms in total. The number of hydrogen-bond acceptors (Lipinski definition) is 3. The number of rotatable bonds is 4. The number of nitrogens with one attached hydrogen (secondary N) is 1. The van der Waals surface area contributed by atoms with E-state index in [1.54, 1.807) is 0 Å². The average molecular weight is 332 g/mol. The van der Waals surface area contributed by atoms with Crippen LogP contribution in [0, 0.1) is 4.77 Å². The summed E-state index contributed by atoms with van der Waals surface area (Å²) in [6.07, 6.45) is 0. The van der Waals surface area contributed by atoms with Crippen molar-refractivity contribution in [2.75, 3.05) is 6.61 Å². The molecule has 3 rings (SSSR count). The first-order valence-corrected chi connectivity index (χ1v) is 7.65. The molecule has 1 heterocycles. The fourth-order valence-corrected chi connectivity index (χ4v) is 2.68. The van der Waals surface area contributed by atoms with Gasteiger partial charge in [0.15, 0.2) is 10.6 Å². The van der Waals surface area contributed by atoms with Crippen molar-refractivity contribution >= 4 is 23.8 Å². The number of halogens is 1. The molecule has 112 valence electrons. The summed E-state index contributed by atoms with van der Waals surface area (Å²) < 4.78 is 7.83. The molecular formula is C16H14ClN3OS. The molecule has 0 radical (unpaired) electrons. The number of benzene rings is 2. The molecule has 1 N–H and O–H groups in total. The summed E-state index contributed by atoms with van der Waals surface area (Å²) in [6.45, 7) is 2.59. The van der Waals surface area contributed by atoms with Crippen molar-refractivity contribution in [1.29, 1.82) is 0 Å². The minimum absolute atomic E-state index is 0.513. The zero-order chi connectivity index (χ0) is 15.5. The molecule has 0 aliphatic carbocycles. The smallest absolute Gasteiger partial charge is 0.200 e. The lowest BCUT2D eigenvalue weighted by atomic mass is 10.2. The van der Waals surface area contributed by atoms with Crippen LogP contribution in [0.3, 0.4) is 0 Å². The zero-order valence-corrected chi connectivity index (χ0v) is 13.5. The molecule has 0 spiro atoms. The Balaban J connectivity index is 2.10. The zero-order valence-electron chi connectivity index (χ0n) is 11.9. The predicted octanol–water partition coefficient (Wildman–Crippen LogP) is 4.65. The van der Waals surface area contributed by atoms with Crippen molar-refractivity contribution in [2.24, 2.45) is 0 Å². The van der Waals surface area contributed by atoms with E-state index in [1.807, 2.05) is 60.0 Å². The number of H-pyrrole nitrogens is 1. The second-order valence-corrected chi connectivity index (χ2v) is 5.39. The maximum atomic E-state index is 6.27. The highest BCUT2D eigenvalue weighted by Crippen LogP contribution is 2.28. The Morgan fingerprint density at radius 1 is 1.18 bits per heavy atom. The van der Waals surface area contributed by atoms with Crippen molar-refractivity contribution < 1.29 is 4.74 Å². The van der Waals surface area contributed by atoms with E-state index >= 15 is 0 Å². The van der Waals surface area contributed by atoms with Gasteiger partial charge in [0, 0.05) is 5.56 Å². The van der Waals surface area contributed by atoms with Gasteiger partial charge >= 0.3 is 0 Å². The molecular weight excluding hydrogens is 318 g/mol. The van der Waals surface area contributed by atoms with Crippen LogP contribution in [-0.2, 0) is 0 Å². The second kappa shape index (κ2) is 6.34. The molecule has 3 aromatic rings. The Kier molecular flexibility index (Phi) is 4.27.